The lowest BCUT2D eigenvalue weighted by molar-refractivity contribution is -0.946. The van der Waals surface area contributed by atoms with Gasteiger partial charge in [0.2, 0.25) is 0 Å². The van der Waals surface area contributed by atoms with E-state index in [2.05, 4.69) is 18.3 Å². The monoisotopic (exact) mass is 284 g/mol. The van der Waals surface area contributed by atoms with Crippen molar-refractivity contribution < 1.29 is 15.0 Å². The van der Waals surface area contributed by atoms with Crippen LogP contribution in [-0.4, -0.2) is 39.3 Å². The first-order chi connectivity index (χ1) is 9.29. The topological polar surface area (TPSA) is 30.3 Å². The number of piperazine rings is 1. The molecule has 4 heteroatoms. The Kier molecular flexibility index (Phi) is 5.95. The third-order valence-corrected chi connectivity index (χ3v) is 4.11. The number of halogens is 1. The Morgan fingerprint density at radius 1 is 1.32 bits per heavy atom. The third kappa shape index (κ3) is 4.68. The van der Waals surface area contributed by atoms with Gasteiger partial charge >= 0.3 is 0 Å². The van der Waals surface area contributed by atoms with Gasteiger partial charge in [0.25, 0.3) is 0 Å². The van der Waals surface area contributed by atoms with Crippen molar-refractivity contribution in [1.82, 2.24) is 0 Å². The van der Waals surface area contributed by atoms with Crippen LogP contribution >= 0.6 is 11.6 Å². The van der Waals surface area contributed by atoms with Crippen molar-refractivity contribution in [2.24, 2.45) is 0 Å². The van der Waals surface area contributed by atoms with Gasteiger partial charge < -0.3 is 15.0 Å². The van der Waals surface area contributed by atoms with Crippen LogP contribution in [0, 0.1) is 0 Å². The first-order valence-corrected chi connectivity index (χ1v) is 7.74. The summed E-state index contributed by atoms with van der Waals surface area (Å²) >= 11 is 6.10. The van der Waals surface area contributed by atoms with Crippen LogP contribution in [0.1, 0.15) is 18.9 Å². The van der Waals surface area contributed by atoms with E-state index in [1.165, 1.54) is 32.7 Å². The molecule has 0 saturated carbocycles. The molecule has 1 aliphatic heterocycles. The van der Waals surface area contributed by atoms with Crippen LogP contribution in [0.5, 0.6) is 5.75 Å². The number of aryl methyl sites for hydroxylation is 1. The molecule has 0 unspecified atom stereocenters. The van der Waals surface area contributed by atoms with E-state index in [0.717, 1.165) is 35.8 Å². The minimum Gasteiger partial charge on any atom is -0.493 e. The maximum atomic E-state index is 6.10. The number of nitrogens with two attached hydrogens (primary N) is 1. The van der Waals surface area contributed by atoms with Gasteiger partial charge in [-0.25, -0.2) is 0 Å². The number of ether oxygens (including phenoxy) is 1. The molecule has 2 rings (SSSR count). The van der Waals surface area contributed by atoms with E-state index < -0.39 is 0 Å². The minimum atomic E-state index is 0.804. The third-order valence-electron chi connectivity index (χ3n) is 3.75. The average molecular weight is 285 g/mol. The molecular formula is C15H25ClN2O+2. The minimum absolute atomic E-state index is 0.804. The molecule has 3 N–H and O–H groups in total. The highest BCUT2D eigenvalue weighted by molar-refractivity contribution is 6.31. The molecule has 1 fully saturated rings. The van der Waals surface area contributed by atoms with Crippen molar-refractivity contribution in [3.63, 3.8) is 0 Å². The van der Waals surface area contributed by atoms with E-state index in [9.17, 15) is 0 Å². The molecule has 0 spiro atoms. The Morgan fingerprint density at radius 2 is 2.11 bits per heavy atom. The zero-order valence-electron chi connectivity index (χ0n) is 11.8. The van der Waals surface area contributed by atoms with Crippen LogP contribution in [0.4, 0.5) is 0 Å². The fraction of sp³-hybridized carbons (Fsp3) is 0.600. The summed E-state index contributed by atoms with van der Waals surface area (Å²) in [6.07, 6.45) is 2.07. The zero-order chi connectivity index (χ0) is 13.5. The Balaban J connectivity index is 1.70. The summed E-state index contributed by atoms with van der Waals surface area (Å²) in [6.45, 7) is 9.27. The smallest absolute Gasteiger partial charge is 0.127 e. The fourth-order valence-corrected chi connectivity index (χ4v) is 2.81. The number of hydrogen-bond acceptors (Lipinski definition) is 1. The fourth-order valence-electron chi connectivity index (χ4n) is 2.56. The first kappa shape index (κ1) is 14.6. The highest BCUT2D eigenvalue weighted by Crippen LogP contribution is 2.22. The number of nitrogens with one attached hydrogen (secondary N) is 1. The van der Waals surface area contributed by atoms with Crippen LogP contribution < -0.4 is 15.0 Å². The van der Waals surface area contributed by atoms with Gasteiger partial charge in [0.15, 0.2) is 0 Å². The highest BCUT2D eigenvalue weighted by Gasteiger charge is 2.14. The molecule has 3 nitrogen and oxygen atoms in total. The molecule has 1 saturated heterocycles. The number of quaternary nitrogens is 2. The zero-order valence-corrected chi connectivity index (χ0v) is 12.5. The summed E-state index contributed by atoms with van der Waals surface area (Å²) in [5, 5.41) is 3.24. The Labute approximate surface area is 120 Å². The highest BCUT2D eigenvalue weighted by atomic mass is 35.5. The lowest BCUT2D eigenvalue weighted by Gasteiger charge is -2.22. The Morgan fingerprint density at radius 3 is 2.84 bits per heavy atom. The maximum absolute atomic E-state index is 6.10. The van der Waals surface area contributed by atoms with E-state index in [-0.39, 0.29) is 0 Å². The van der Waals surface area contributed by atoms with E-state index in [0.29, 0.717) is 0 Å². The normalized spacial score (nSPS) is 16.5. The molecule has 0 aliphatic carbocycles. The largest absolute Gasteiger partial charge is 0.493 e. The Bertz CT molecular complexity index is 392. The van der Waals surface area contributed by atoms with Crippen molar-refractivity contribution in [1.29, 1.82) is 0 Å². The van der Waals surface area contributed by atoms with Crippen molar-refractivity contribution in [2.45, 2.75) is 19.8 Å². The molecule has 0 amide bonds. The summed E-state index contributed by atoms with van der Waals surface area (Å²) in [4.78, 5) is 1.72. The van der Waals surface area contributed by atoms with E-state index in [4.69, 9.17) is 16.3 Å². The number of hydrogen-bond donors (Lipinski definition) is 2. The van der Waals surface area contributed by atoms with Gasteiger partial charge in [-0.15, -0.1) is 0 Å². The summed E-state index contributed by atoms with van der Waals surface area (Å²) in [5.74, 6) is 0.947. The number of benzene rings is 1. The predicted octanol–water partition coefficient (Wildman–Crippen LogP) is 0.133. The second-order valence-electron chi connectivity index (χ2n) is 5.17. The molecule has 0 bridgehead atoms. The van der Waals surface area contributed by atoms with Gasteiger partial charge in [-0.2, -0.15) is 0 Å². The average Bonchev–Trinajstić information content (AvgIpc) is 2.46. The van der Waals surface area contributed by atoms with Crippen molar-refractivity contribution in [3.05, 3.63) is 28.8 Å². The SMILES string of the molecule is CCc1cc(OCCC[NH+]2CC[NH2+]CC2)ccc1Cl. The van der Waals surface area contributed by atoms with Crippen LogP contribution in [-0.2, 0) is 6.42 Å². The van der Waals surface area contributed by atoms with E-state index >= 15 is 0 Å². The molecule has 0 atom stereocenters. The molecule has 19 heavy (non-hydrogen) atoms. The lowest BCUT2D eigenvalue weighted by atomic mass is 10.1. The second-order valence-corrected chi connectivity index (χ2v) is 5.58. The summed E-state index contributed by atoms with van der Waals surface area (Å²) < 4.78 is 5.81. The standard InChI is InChI=1S/C15H23ClN2O/c1-2-13-12-14(4-5-15(13)16)19-11-3-8-18-9-6-17-7-10-18/h4-5,12,17H,2-3,6-11H2,1H3/p+2. The van der Waals surface area contributed by atoms with Gasteiger partial charge in [-0.05, 0) is 30.2 Å². The van der Waals surface area contributed by atoms with Crippen LogP contribution in [0.2, 0.25) is 5.02 Å². The molecule has 1 aliphatic rings. The molecule has 1 aromatic carbocycles. The van der Waals surface area contributed by atoms with Gasteiger partial charge in [0.05, 0.1) is 13.2 Å². The summed E-state index contributed by atoms with van der Waals surface area (Å²) in [7, 11) is 0. The summed E-state index contributed by atoms with van der Waals surface area (Å²) in [5.41, 5.74) is 1.16. The van der Waals surface area contributed by atoms with Crippen LogP contribution in [0.25, 0.3) is 0 Å². The molecule has 1 aromatic rings. The van der Waals surface area contributed by atoms with Gasteiger partial charge in [-0.1, -0.05) is 18.5 Å². The Hall–Kier alpha value is -0.770. The van der Waals surface area contributed by atoms with Crippen LogP contribution in [0.3, 0.4) is 0 Å². The van der Waals surface area contributed by atoms with Gasteiger partial charge in [-0.3, -0.25) is 0 Å². The van der Waals surface area contributed by atoms with Crippen molar-refractivity contribution in [2.75, 3.05) is 39.3 Å². The first-order valence-electron chi connectivity index (χ1n) is 7.36. The maximum Gasteiger partial charge on any atom is 0.127 e. The van der Waals surface area contributed by atoms with Crippen molar-refractivity contribution in [3.8, 4) is 5.75 Å². The summed E-state index contributed by atoms with van der Waals surface area (Å²) in [6, 6.07) is 5.96. The molecule has 1 heterocycles. The molecule has 0 aromatic heterocycles. The molecular weight excluding hydrogens is 260 g/mol. The number of rotatable bonds is 6. The molecule has 106 valence electrons. The van der Waals surface area contributed by atoms with Crippen molar-refractivity contribution >= 4 is 11.6 Å². The van der Waals surface area contributed by atoms with E-state index in [1.807, 2.05) is 12.1 Å². The quantitative estimate of drug-likeness (QED) is 0.715. The van der Waals surface area contributed by atoms with Crippen LogP contribution in [0.15, 0.2) is 18.2 Å². The lowest BCUT2D eigenvalue weighted by Crippen LogP contribution is -3.20. The van der Waals surface area contributed by atoms with Gasteiger partial charge in [0.1, 0.15) is 31.9 Å². The van der Waals surface area contributed by atoms with Gasteiger partial charge in [0, 0.05) is 11.4 Å². The predicted molar refractivity (Wildman–Crippen MR) is 78.2 cm³/mol. The second kappa shape index (κ2) is 7.73. The molecule has 0 radical (unpaired) electrons. The van der Waals surface area contributed by atoms with E-state index in [1.54, 1.807) is 4.90 Å².